The van der Waals surface area contributed by atoms with Crippen molar-refractivity contribution in [3.63, 3.8) is 0 Å². The molecule has 0 saturated carbocycles. The summed E-state index contributed by atoms with van der Waals surface area (Å²) >= 11 is 13.7. The van der Waals surface area contributed by atoms with E-state index in [-0.39, 0.29) is 21.5 Å². The van der Waals surface area contributed by atoms with Gasteiger partial charge >= 0.3 is 0 Å². The zero-order chi connectivity index (χ0) is 15.4. The van der Waals surface area contributed by atoms with Crippen molar-refractivity contribution in [1.82, 2.24) is 0 Å². The second-order valence-corrected chi connectivity index (χ2v) is 6.34. The molecule has 0 bridgehead atoms. The number of hydrogen-bond acceptors (Lipinski definition) is 3. The first-order valence-corrected chi connectivity index (χ1v) is 8.04. The fourth-order valence-corrected chi connectivity index (χ4v) is 3.00. The molecule has 0 aliphatic heterocycles. The maximum absolute atomic E-state index is 12.4. The monoisotopic (exact) mass is 340 g/mol. The minimum atomic E-state index is -0.335. The maximum atomic E-state index is 12.4. The lowest BCUT2D eigenvalue weighted by molar-refractivity contribution is 0.102. The summed E-state index contributed by atoms with van der Waals surface area (Å²) < 4.78 is 0. The van der Waals surface area contributed by atoms with Gasteiger partial charge in [0.2, 0.25) is 0 Å². The Balaban J connectivity index is 2.31. The van der Waals surface area contributed by atoms with Crippen LogP contribution in [0.15, 0.2) is 41.3 Å². The smallest absolute Gasteiger partial charge is 0.257 e. The van der Waals surface area contributed by atoms with Crippen LogP contribution in [0.5, 0.6) is 0 Å². The van der Waals surface area contributed by atoms with Gasteiger partial charge in [0.05, 0.1) is 21.3 Å². The zero-order valence-electron chi connectivity index (χ0n) is 11.3. The minimum Gasteiger partial charge on any atom is -0.399 e. The van der Waals surface area contributed by atoms with E-state index in [2.05, 4.69) is 12.2 Å². The van der Waals surface area contributed by atoms with Crippen LogP contribution in [-0.2, 0) is 0 Å². The highest BCUT2D eigenvalue weighted by atomic mass is 35.5. The van der Waals surface area contributed by atoms with Crippen LogP contribution in [0.3, 0.4) is 0 Å². The largest absolute Gasteiger partial charge is 0.399 e. The molecule has 0 saturated heterocycles. The molecule has 21 heavy (non-hydrogen) atoms. The summed E-state index contributed by atoms with van der Waals surface area (Å²) in [7, 11) is 0. The van der Waals surface area contributed by atoms with Gasteiger partial charge in [0.1, 0.15) is 0 Å². The molecule has 110 valence electrons. The van der Waals surface area contributed by atoms with Crippen LogP contribution >= 0.6 is 35.0 Å². The van der Waals surface area contributed by atoms with Gasteiger partial charge in [-0.25, -0.2) is 0 Å². The van der Waals surface area contributed by atoms with E-state index < -0.39 is 0 Å². The summed E-state index contributed by atoms with van der Waals surface area (Å²) in [6.45, 7) is 2.05. The number of halogens is 2. The minimum absolute atomic E-state index is 0.198. The molecule has 6 heteroatoms. The van der Waals surface area contributed by atoms with Crippen molar-refractivity contribution < 1.29 is 4.79 Å². The Morgan fingerprint density at radius 2 is 2.00 bits per heavy atom. The third-order valence-electron chi connectivity index (χ3n) is 2.73. The van der Waals surface area contributed by atoms with Gasteiger partial charge in [0, 0.05) is 10.6 Å². The summed E-state index contributed by atoms with van der Waals surface area (Å²) in [6, 6.07) is 10.6. The number of nitrogens with one attached hydrogen (secondary N) is 1. The quantitative estimate of drug-likeness (QED) is 0.612. The Kier molecular flexibility index (Phi) is 5.39. The maximum Gasteiger partial charge on any atom is 0.257 e. The molecule has 2 aromatic rings. The Bertz CT molecular complexity index is 677. The molecule has 2 aromatic carbocycles. The average molecular weight is 341 g/mol. The Hall–Kier alpha value is -1.36. The number of anilines is 2. The second-order valence-electron chi connectivity index (χ2n) is 4.25. The van der Waals surface area contributed by atoms with Crippen molar-refractivity contribution in [2.75, 3.05) is 16.8 Å². The van der Waals surface area contributed by atoms with Gasteiger partial charge < -0.3 is 11.1 Å². The first kappa shape index (κ1) is 16.0. The molecule has 0 aliphatic carbocycles. The van der Waals surface area contributed by atoms with Crippen molar-refractivity contribution in [3.8, 4) is 0 Å². The van der Waals surface area contributed by atoms with Crippen LogP contribution in [0, 0.1) is 0 Å². The second kappa shape index (κ2) is 7.07. The first-order chi connectivity index (χ1) is 10.0. The van der Waals surface area contributed by atoms with Crippen LogP contribution in [0.1, 0.15) is 17.3 Å². The number of benzene rings is 2. The third kappa shape index (κ3) is 3.84. The van der Waals surface area contributed by atoms with E-state index in [0.717, 1.165) is 16.3 Å². The van der Waals surface area contributed by atoms with Crippen molar-refractivity contribution in [2.24, 2.45) is 0 Å². The van der Waals surface area contributed by atoms with Crippen LogP contribution in [0.2, 0.25) is 10.0 Å². The van der Waals surface area contributed by atoms with Gasteiger partial charge in [0.25, 0.3) is 5.91 Å². The predicted octanol–water partition coefficient (Wildman–Crippen LogP) is 4.94. The molecule has 1 amide bonds. The number of amides is 1. The topological polar surface area (TPSA) is 55.1 Å². The summed E-state index contributed by atoms with van der Waals surface area (Å²) in [5.74, 6) is 0.580. The zero-order valence-corrected chi connectivity index (χ0v) is 13.6. The lowest BCUT2D eigenvalue weighted by Gasteiger charge is -2.12. The number of carbonyl (C=O) groups is 1. The van der Waals surface area contributed by atoms with Crippen molar-refractivity contribution in [3.05, 3.63) is 52.0 Å². The van der Waals surface area contributed by atoms with Gasteiger partial charge in [-0.15, -0.1) is 11.8 Å². The van der Waals surface area contributed by atoms with Gasteiger partial charge in [-0.3, -0.25) is 4.79 Å². The van der Waals surface area contributed by atoms with E-state index >= 15 is 0 Å². The lowest BCUT2D eigenvalue weighted by atomic mass is 10.2. The number of para-hydroxylation sites is 1. The fourth-order valence-electron chi connectivity index (χ4n) is 1.82. The molecule has 0 aromatic heterocycles. The molecule has 0 spiro atoms. The highest BCUT2D eigenvalue weighted by Gasteiger charge is 2.15. The number of carbonyl (C=O) groups excluding carboxylic acids is 1. The van der Waals surface area contributed by atoms with Crippen LogP contribution in [0.25, 0.3) is 0 Å². The van der Waals surface area contributed by atoms with Crippen molar-refractivity contribution in [2.45, 2.75) is 11.8 Å². The molecule has 0 unspecified atom stereocenters. The highest BCUT2D eigenvalue weighted by Crippen LogP contribution is 2.31. The Morgan fingerprint density at radius 1 is 1.29 bits per heavy atom. The number of rotatable bonds is 4. The molecule has 2 rings (SSSR count). The van der Waals surface area contributed by atoms with Crippen molar-refractivity contribution >= 4 is 52.2 Å². The highest BCUT2D eigenvalue weighted by molar-refractivity contribution is 7.99. The Morgan fingerprint density at radius 3 is 2.71 bits per heavy atom. The summed E-state index contributed by atoms with van der Waals surface area (Å²) in [4.78, 5) is 13.4. The lowest BCUT2D eigenvalue weighted by Crippen LogP contribution is -2.13. The van der Waals surface area contributed by atoms with E-state index in [0.29, 0.717) is 5.69 Å². The van der Waals surface area contributed by atoms with Gasteiger partial charge in [-0.2, -0.15) is 0 Å². The predicted molar refractivity (Wildman–Crippen MR) is 91.7 cm³/mol. The number of hydrogen-bond donors (Lipinski definition) is 2. The molecule has 0 radical (unpaired) electrons. The van der Waals surface area contributed by atoms with E-state index in [4.69, 9.17) is 28.9 Å². The molecular formula is C15H14Cl2N2OS. The SMILES string of the molecule is CCSc1ccccc1NC(=O)c1cc(N)cc(Cl)c1Cl. The number of nitrogen functional groups attached to an aromatic ring is 1. The fraction of sp³-hybridized carbons (Fsp3) is 0.133. The van der Waals surface area contributed by atoms with E-state index in [1.165, 1.54) is 12.1 Å². The first-order valence-electron chi connectivity index (χ1n) is 6.30. The summed E-state index contributed by atoms with van der Waals surface area (Å²) in [5.41, 5.74) is 7.11. The van der Waals surface area contributed by atoms with Gasteiger partial charge in [-0.05, 0) is 30.0 Å². The number of nitrogens with two attached hydrogens (primary N) is 1. The normalized spacial score (nSPS) is 10.4. The number of thioether (sulfide) groups is 1. The average Bonchev–Trinajstić information content (AvgIpc) is 2.45. The van der Waals surface area contributed by atoms with Gasteiger partial charge in [0.15, 0.2) is 0 Å². The molecule has 3 N–H and O–H groups in total. The molecule has 3 nitrogen and oxygen atoms in total. The van der Waals surface area contributed by atoms with Crippen LogP contribution in [0.4, 0.5) is 11.4 Å². The molecule has 0 atom stereocenters. The van der Waals surface area contributed by atoms with E-state index in [1.54, 1.807) is 11.8 Å². The molecular weight excluding hydrogens is 327 g/mol. The Labute approximate surface area is 137 Å². The van der Waals surface area contributed by atoms with Crippen molar-refractivity contribution in [1.29, 1.82) is 0 Å². The summed E-state index contributed by atoms with van der Waals surface area (Å²) in [6.07, 6.45) is 0. The molecule has 0 fully saturated rings. The van der Waals surface area contributed by atoms with Gasteiger partial charge in [-0.1, -0.05) is 42.3 Å². The van der Waals surface area contributed by atoms with E-state index in [1.807, 2.05) is 24.3 Å². The van der Waals surface area contributed by atoms with Crippen LogP contribution < -0.4 is 11.1 Å². The molecule has 0 aliphatic rings. The molecule has 0 heterocycles. The standard InChI is InChI=1S/C15H14Cl2N2OS/c1-2-21-13-6-4-3-5-12(13)19-15(20)10-7-9(18)8-11(16)14(10)17/h3-8H,2,18H2,1H3,(H,19,20). The van der Waals surface area contributed by atoms with Crippen LogP contribution in [-0.4, -0.2) is 11.7 Å². The van der Waals surface area contributed by atoms with E-state index in [9.17, 15) is 4.79 Å². The summed E-state index contributed by atoms with van der Waals surface area (Å²) in [5, 5.41) is 3.31. The third-order valence-corrected chi connectivity index (χ3v) is 4.49.